The van der Waals surface area contributed by atoms with Crippen molar-refractivity contribution < 1.29 is 4.79 Å². The summed E-state index contributed by atoms with van der Waals surface area (Å²) in [5.41, 5.74) is 10.1. The van der Waals surface area contributed by atoms with Gasteiger partial charge in [0.15, 0.2) is 0 Å². The summed E-state index contributed by atoms with van der Waals surface area (Å²) in [5, 5.41) is 0. The average molecular weight is 275 g/mol. The Morgan fingerprint density at radius 2 is 2.05 bits per heavy atom. The Morgan fingerprint density at radius 3 is 2.63 bits per heavy atom. The number of rotatable bonds is 4. The summed E-state index contributed by atoms with van der Waals surface area (Å²) in [6.45, 7) is 2.58. The molecule has 19 heavy (non-hydrogen) atoms. The van der Waals surface area contributed by atoms with Crippen molar-refractivity contribution in [2.75, 3.05) is 12.8 Å². The zero-order valence-corrected chi connectivity index (χ0v) is 11.9. The molecule has 2 N–H and O–H groups in total. The third-order valence-corrected chi connectivity index (χ3v) is 3.91. The highest BCUT2D eigenvalue weighted by Crippen LogP contribution is 2.15. The van der Waals surface area contributed by atoms with Gasteiger partial charge in [0.2, 0.25) is 5.91 Å². The predicted molar refractivity (Wildman–Crippen MR) is 77.9 cm³/mol. The number of carbonyl (C=O) groups is 1. The largest absolute Gasteiger partial charge is 0.399 e. The van der Waals surface area contributed by atoms with Gasteiger partial charge in [0.25, 0.3) is 0 Å². The molecule has 0 atom stereocenters. The number of amides is 1. The van der Waals surface area contributed by atoms with Crippen molar-refractivity contribution in [3.63, 3.8) is 0 Å². The van der Waals surface area contributed by atoms with Crippen LogP contribution in [0.15, 0.2) is 29.8 Å². The first kappa shape index (κ1) is 13.5. The van der Waals surface area contributed by atoms with Gasteiger partial charge in [0, 0.05) is 17.6 Å². The summed E-state index contributed by atoms with van der Waals surface area (Å²) in [7, 11) is 1.82. The van der Waals surface area contributed by atoms with Gasteiger partial charge < -0.3 is 10.6 Å². The van der Waals surface area contributed by atoms with Crippen LogP contribution in [-0.2, 0) is 17.8 Å². The maximum absolute atomic E-state index is 12.1. The maximum Gasteiger partial charge on any atom is 0.227 e. The molecule has 1 aromatic heterocycles. The molecule has 1 heterocycles. The molecule has 4 nitrogen and oxygen atoms in total. The van der Waals surface area contributed by atoms with Gasteiger partial charge in [-0.2, -0.15) is 0 Å². The Morgan fingerprint density at radius 1 is 1.37 bits per heavy atom. The number of carbonyl (C=O) groups excluding carboxylic acids is 1. The molecule has 0 bridgehead atoms. The summed E-state index contributed by atoms with van der Waals surface area (Å²) < 4.78 is 0. The van der Waals surface area contributed by atoms with E-state index in [0.29, 0.717) is 18.7 Å². The van der Waals surface area contributed by atoms with Crippen LogP contribution < -0.4 is 5.73 Å². The summed E-state index contributed by atoms with van der Waals surface area (Å²) in [6, 6.07) is 7.41. The van der Waals surface area contributed by atoms with E-state index in [0.717, 1.165) is 16.1 Å². The van der Waals surface area contributed by atoms with Gasteiger partial charge in [-0.25, -0.2) is 4.98 Å². The molecule has 0 radical (unpaired) electrons. The van der Waals surface area contributed by atoms with Crippen molar-refractivity contribution in [2.24, 2.45) is 0 Å². The van der Waals surface area contributed by atoms with Crippen LogP contribution in [0.4, 0.5) is 5.69 Å². The van der Waals surface area contributed by atoms with Crippen molar-refractivity contribution in [3.8, 4) is 0 Å². The third-order valence-electron chi connectivity index (χ3n) is 2.99. The first-order valence-corrected chi connectivity index (χ1v) is 6.91. The van der Waals surface area contributed by atoms with Gasteiger partial charge in [-0.15, -0.1) is 11.3 Å². The van der Waals surface area contributed by atoms with Crippen LogP contribution in [-0.4, -0.2) is 22.8 Å². The summed E-state index contributed by atoms with van der Waals surface area (Å²) in [6.07, 6.45) is 0.397. The fraction of sp³-hybridized carbons (Fsp3) is 0.286. The van der Waals surface area contributed by atoms with E-state index in [1.807, 2.05) is 43.7 Å². The third kappa shape index (κ3) is 3.54. The lowest BCUT2D eigenvalue weighted by Crippen LogP contribution is -2.27. The normalized spacial score (nSPS) is 10.4. The smallest absolute Gasteiger partial charge is 0.227 e. The maximum atomic E-state index is 12.1. The van der Waals surface area contributed by atoms with Gasteiger partial charge in [0.05, 0.1) is 24.2 Å². The lowest BCUT2D eigenvalue weighted by molar-refractivity contribution is -0.129. The Hall–Kier alpha value is -1.88. The fourth-order valence-electron chi connectivity index (χ4n) is 1.73. The minimum absolute atomic E-state index is 0.0950. The zero-order valence-electron chi connectivity index (χ0n) is 11.1. The molecule has 0 aliphatic carbocycles. The number of aryl methyl sites for hydroxylation is 1. The predicted octanol–water partition coefficient (Wildman–Crippen LogP) is 2.23. The molecule has 0 aliphatic rings. The minimum Gasteiger partial charge on any atom is -0.399 e. The number of likely N-dealkylation sites (N-methyl/N-ethyl adjacent to an activating group) is 1. The zero-order chi connectivity index (χ0) is 13.8. The molecule has 0 saturated carbocycles. The molecule has 2 rings (SSSR count). The van der Waals surface area contributed by atoms with E-state index in [4.69, 9.17) is 5.73 Å². The van der Waals surface area contributed by atoms with Crippen molar-refractivity contribution in [1.82, 2.24) is 9.88 Å². The van der Waals surface area contributed by atoms with E-state index in [2.05, 4.69) is 4.98 Å². The molecule has 5 heteroatoms. The number of hydrogen-bond acceptors (Lipinski definition) is 4. The summed E-state index contributed by atoms with van der Waals surface area (Å²) in [5.74, 6) is 0.0950. The van der Waals surface area contributed by atoms with Crippen LogP contribution in [0.1, 0.15) is 16.1 Å². The van der Waals surface area contributed by atoms with Crippen molar-refractivity contribution >= 4 is 22.9 Å². The number of anilines is 1. The number of nitrogens with two attached hydrogens (primary N) is 1. The van der Waals surface area contributed by atoms with Gasteiger partial charge in [-0.05, 0) is 24.6 Å². The highest BCUT2D eigenvalue weighted by molar-refractivity contribution is 7.09. The molecule has 1 amide bonds. The number of thiazole rings is 1. The van der Waals surface area contributed by atoms with Crippen LogP contribution in [0.5, 0.6) is 0 Å². The van der Waals surface area contributed by atoms with Crippen molar-refractivity contribution in [1.29, 1.82) is 0 Å². The minimum atomic E-state index is 0.0950. The summed E-state index contributed by atoms with van der Waals surface area (Å²) >= 11 is 1.58. The lowest BCUT2D eigenvalue weighted by Gasteiger charge is -2.16. The Bertz CT molecular complexity index is 562. The topological polar surface area (TPSA) is 59.2 Å². The number of aromatic nitrogens is 1. The highest BCUT2D eigenvalue weighted by atomic mass is 32.1. The van der Waals surface area contributed by atoms with E-state index in [9.17, 15) is 4.79 Å². The first-order chi connectivity index (χ1) is 9.06. The van der Waals surface area contributed by atoms with Crippen LogP contribution in [0.3, 0.4) is 0 Å². The fourth-order valence-corrected chi connectivity index (χ4v) is 2.56. The van der Waals surface area contributed by atoms with E-state index in [-0.39, 0.29) is 5.91 Å². The van der Waals surface area contributed by atoms with Gasteiger partial charge in [-0.3, -0.25) is 4.79 Å². The quantitative estimate of drug-likeness (QED) is 0.871. The molecule has 0 fully saturated rings. The number of nitrogen functional groups attached to an aromatic ring is 1. The SMILES string of the molecule is Cc1ncsc1CN(C)C(=O)Cc1ccc(N)cc1. The van der Waals surface area contributed by atoms with Crippen LogP contribution in [0.25, 0.3) is 0 Å². The monoisotopic (exact) mass is 275 g/mol. The van der Waals surface area contributed by atoms with Gasteiger partial charge in [-0.1, -0.05) is 12.1 Å². The molecular formula is C14H17N3OS. The Kier molecular flexibility index (Phi) is 4.16. The second-order valence-corrected chi connectivity index (χ2v) is 5.47. The molecule has 0 unspecified atom stereocenters. The van der Waals surface area contributed by atoms with E-state index >= 15 is 0 Å². The van der Waals surface area contributed by atoms with Crippen molar-refractivity contribution in [2.45, 2.75) is 19.9 Å². The Labute approximate surface area is 116 Å². The molecule has 2 aromatic rings. The first-order valence-electron chi connectivity index (χ1n) is 6.03. The second-order valence-electron chi connectivity index (χ2n) is 4.53. The lowest BCUT2D eigenvalue weighted by atomic mass is 10.1. The van der Waals surface area contributed by atoms with Crippen molar-refractivity contribution in [3.05, 3.63) is 45.9 Å². The van der Waals surface area contributed by atoms with Gasteiger partial charge >= 0.3 is 0 Å². The number of benzene rings is 1. The van der Waals surface area contributed by atoms with E-state index in [1.165, 1.54) is 0 Å². The molecular weight excluding hydrogens is 258 g/mol. The molecule has 100 valence electrons. The molecule has 0 spiro atoms. The summed E-state index contributed by atoms with van der Waals surface area (Å²) in [4.78, 5) is 19.2. The average Bonchev–Trinajstić information content (AvgIpc) is 2.78. The molecule has 1 aromatic carbocycles. The number of nitrogens with zero attached hydrogens (tertiary/aromatic N) is 2. The molecule has 0 saturated heterocycles. The highest BCUT2D eigenvalue weighted by Gasteiger charge is 2.12. The standard InChI is InChI=1S/C14H17N3OS/c1-10-13(19-9-16-10)8-17(2)14(18)7-11-3-5-12(15)6-4-11/h3-6,9H,7-8,15H2,1-2H3. The van der Waals surface area contributed by atoms with E-state index < -0.39 is 0 Å². The van der Waals surface area contributed by atoms with Crippen LogP contribution >= 0.6 is 11.3 Å². The number of hydrogen-bond donors (Lipinski definition) is 1. The van der Waals surface area contributed by atoms with Gasteiger partial charge in [0.1, 0.15) is 0 Å². The molecule has 0 aliphatic heterocycles. The van der Waals surface area contributed by atoms with Crippen LogP contribution in [0.2, 0.25) is 0 Å². The second kappa shape index (κ2) is 5.84. The Balaban J connectivity index is 1.96. The van der Waals surface area contributed by atoms with E-state index in [1.54, 1.807) is 16.2 Å². The van der Waals surface area contributed by atoms with Crippen LogP contribution in [0, 0.1) is 6.92 Å².